The molecule has 1 N–H and O–H groups in total. The van der Waals surface area contributed by atoms with Crippen LogP contribution in [0.3, 0.4) is 0 Å². The number of rotatable bonds is 3. The minimum atomic E-state index is -0.399. The minimum Gasteiger partial charge on any atom is -0.439 e. The van der Waals surface area contributed by atoms with Crippen molar-refractivity contribution in [3.05, 3.63) is 39.7 Å². The van der Waals surface area contributed by atoms with E-state index >= 15 is 0 Å². The molecule has 4 nitrogen and oxygen atoms in total. The van der Waals surface area contributed by atoms with Gasteiger partial charge in [-0.1, -0.05) is 15.9 Å². The van der Waals surface area contributed by atoms with Crippen molar-refractivity contribution in [2.75, 3.05) is 0 Å². The monoisotopic (exact) mass is 314 g/mol. The van der Waals surface area contributed by atoms with Crippen LogP contribution in [0.15, 0.2) is 22.7 Å². The van der Waals surface area contributed by atoms with E-state index in [0.717, 1.165) is 0 Å². The normalized spacial score (nSPS) is 10.7. The van der Waals surface area contributed by atoms with E-state index in [4.69, 9.17) is 4.74 Å². The number of ether oxygens (including phenoxy) is 1. The second-order valence-electron chi connectivity index (χ2n) is 3.86. The van der Waals surface area contributed by atoms with Gasteiger partial charge in [-0.3, -0.25) is 0 Å². The molecular weight excluding hydrogens is 303 g/mol. The zero-order chi connectivity index (χ0) is 13.3. The summed E-state index contributed by atoms with van der Waals surface area (Å²) < 4.78 is 20.9. The van der Waals surface area contributed by atoms with E-state index < -0.39 is 5.82 Å². The maximum Gasteiger partial charge on any atom is 0.223 e. The van der Waals surface area contributed by atoms with Crippen molar-refractivity contribution in [2.45, 2.75) is 13.5 Å². The van der Waals surface area contributed by atoms with E-state index in [1.54, 1.807) is 20.0 Å². The van der Waals surface area contributed by atoms with Crippen molar-refractivity contribution < 1.29 is 14.2 Å². The number of hydrogen-bond acceptors (Lipinski definition) is 3. The molecule has 6 heteroatoms. The largest absolute Gasteiger partial charge is 0.439 e. The third-order valence-electron chi connectivity index (χ3n) is 2.50. The molecule has 18 heavy (non-hydrogen) atoms. The van der Waals surface area contributed by atoms with Gasteiger partial charge in [0, 0.05) is 17.6 Å². The summed E-state index contributed by atoms with van der Waals surface area (Å²) in [6.07, 6.45) is 0. The van der Waals surface area contributed by atoms with Gasteiger partial charge in [-0.2, -0.15) is 5.10 Å². The maximum absolute atomic E-state index is 13.2. The fourth-order valence-corrected chi connectivity index (χ4v) is 2.13. The van der Waals surface area contributed by atoms with Gasteiger partial charge in [-0.25, -0.2) is 9.07 Å². The van der Waals surface area contributed by atoms with Gasteiger partial charge in [0.15, 0.2) is 0 Å². The molecule has 2 rings (SSSR count). The third kappa shape index (κ3) is 2.54. The highest BCUT2D eigenvalue weighted by atomic mass is 79.9. The molecule has 0 spiro atoms. The van der Waals surface area contributed by atoms with E-state index in [2.05, 4.69) is 21.0 Å². The van der Waals surface area contributed by atoms with Crippen LogP contribution in [0.4, 0.5) is 4.39 Å². The Hall–Kier alpha value is -1.40. The van der Waals surface area contributed by atoms with Crippen LogP contribution in [0.1, 0.15) is 11.3 Å². The van der Waals surface area contributed by atoms with Crippen LogP contribution in [0.2, 0.25) is 0 Å². The number of aliphatic hydroxyl groups is 1. The smallest absolute Gasteiger partial charge is 0.223 e. The fraction of sp³-hybridized carbons (Fsp3) is 0.250. The number of aryl methyl sites for hydroxylation is 2. The molecule has 96 valence electrons. The average Bonchev–Trinajstić information content (AvgIpc) is 2.52. The maximum atomic E-state index is 13.2. The second kappa shape index (κ2) is 5.07. The molecule has 0 aliphatic heterocycles. The SMILES string of the molecule is Cc1nn(C)c(Oc2cc(F)cc(Br)c2)c1CO. The number of aliphatic hydroxyl groups excluding tert-OH is 1. The highest BCUT2D eigenvalue weighted by Crippen LogP contribution is 2.29. The molecule has 0 aliphatic carbocycles. The topological polar surface area (TPSA) is 47.3 Å². The first kappa shape index (κ1) is 13.0. The lowest BCUT2D eigenvalue weighted by Crippen LogP contribution is -1.97. The number of benzene rings is 1. The molecule has 1 aromatic carbocycles. The molecule has 0 aliphatic rings. The quantitative estimate of drug-likeness (QED) is 0.947. The molecular formula is C12H12BrFN2O2. The number of hydrogen-bond donors (Lipinski definition) is 1. The Labute approximate surface area is 112 Å². The van der Waals surface area contributed by atoms with Gasteiger partial charge in [0.2, 0.25) is 5.88 Å². The third-order valence-corrected chi connectivity index (χ3v) is 2.96. The van der Waals surface area contributed by atoms with Gasteiger partial charge in [0.1, 0.15) is 11.6 Å². The highest BCUT2D eigenvalue weighted by molar-refractivity contribution is 9.10. The van der Waals surface area contributed by atoms with Crippen molar-refractivity contribution in [2.24, 2.45) is 7.05 Å². The van der Waals surface area contributed by atoms with Gasteiger partial charge in [-0.05, 0) is 19.1 Å². The van der Waals surface area contributed by atoms with Crippen molar-refractivity contribution in [1.82, 2.24) is 9.78 Å². The molecule has 0 atom stereocenters. The van der Waals surface area contributed by atoms with Crippen molar-refractivity contribution in [3.8, 4) is 11.6 Å². The molecule has 1 heterocycles. The fourth-order valence-electron chi connectivity index (χ4n) is 1.69. The molecule has 0 saturated heterocycles. The zero-order valence-electron chi connectivity index (χ0n) is 9.94. The van der Waals surface area contributed by atoms with Crippen LogP contribution in [0.25, 0.3) is 0 Å². The minimum absolute atomic E-state index is 0.175. The van der Waals surface area contributed by atoms with Gasteiger partial charge in [-0.15, -0.1) is 0 Å². The van der Waals surface area contributed by atoms with E-state index in [1.165, 1.54) is 16.8 Å². The Balaban J connectivity index is 2.39. The molecule has 2 aromatic rings. The first-order valence-electron chi connectivity index (χ1n) is 5.28. The van der Waals surface area contributed by atoms with E-state index in [0.29, 0.717) is 27.4 Å². The lowest BCUT2D eigenvalue weighted by Gasteiger charge is -2.08. The van der Waals surface area contributed by atoms with Gasteiger partial charge < -0.3 is 9.84 Å². The van der Waals surface area contributed by atoms with Gasteiger partial charge >= 0.3 is 0 Å². The first-order valence-corrected chi connectivity index (χ1v) is 6.08. The number of halogens is 2. The molecule has 0 saturated carbocycles. The Morgan fingerprint density at radius 2 is 2.17 bits per heavy atom. The summed E-state index contributed by atoms with van der Waals surface area (Å²) in [6, 6.07) is 4.26. The number of aromatic nitrogens is 2. The summed E-state index contributed by atoms with van der Waals surface area (Å²) in [4.78, 5) is 0. The predicted octanol–water partition coefficient (Wildman–Crippen LogP) is 2.91. The lowest BCUT2D eigenvalue weighted by atomic mass is 10.2. The van der Waals surface area contributed by atoms with Gasteiger partial charge in [0.25, 0.3) is 0 Å². The van der Waals surface area contributed by atoms with Crippen LogP contribution in [-0.2, 0) is 13.7 Å². The molecule has 0 radical (unpaired) electrons. The lowest BCUT2D eigenvalue weighted by molar-refractivity contribution is 0.274. The van der Waals surface area contributed by atoms with Gasteiger partial charge in [0.05, 0.1) is 17.9 Å². The summed E-state index contributed by atoms with van der Waals surface area (Å²) in [5.41, 5.74) is 1.28. The summed E-state index contributed by atoms with van der Waals surface area (Å²) >= 11 is 3.19. The number of nitrogens with zero attached hydrogens (tertiary/aromatic N) is 2. The summed E-state index contributed by atoms with van der Waals surface area (Å²) in [6.45, 7) is 1.60. The Morgan fingerprint density at radius 1 is 1.44 bits per heavy atom. The second-order valence-corrected chi connectivity index (χ2v) is 4.77. The van der Waals surface area contributed by atoms with Crippen LogP contribution in [0, 0.1) is 12.7 Å². The summed E-state index contributed by atoms with van der Waals surface area (Å²) in [7, 11) is 1.70. The van der Waals surface area contributed by atoms with E-state index in [-0.39, 0.29) is 6.61 Å². The van der Waals surface area contributed by atoms with Crippen molar-refractivity contribution in [3.63, 3.8) is 0 Å². The molecule has 0 bridgehead atoms. The Morgan fingerprint density at radius 3 is 2.78 bits per heavy atom. The van der Waals surface area contributed by atoms with Crippen LogP contribution >= 0.6 is 15.9 Å². The average molecular weight is 315 g/mol. The standard InChI is InChI=1S/C12H12BrFN2O2/c1-7-11(6-17)12(16(2)15-7)18-10-4-8(13)3-9(14)5-10/h3-5,17H,6H2,1-2H3. The van der Waals surface area contributed by atoms with Crippen LogP contribution in [-0.4, -0.2) is 14.9 Å². The van der Waals surface area contributed by atoms with Crippen LogP contribution < -0.4 is 4.74 Å². The predicted molar refractivity (Wildman–Crippen MR) is 68.0 cm³/mol. The first-order chi connectivity index (χ1) is 8.51. The summed E-state index contributed by atoms with van der Waals surface area (Å²) in [5, 5.41) is 13.4. The van der Waals surface area contributed by atoms with E-state index in [1.807, 2.05) is 0 Å². The molecule has 0 unspecified atom stereocenters. The molecule has 0 amide bonds. The van der Waals surface area contributed by atoms with Crippen molar-refractivity contribution in [1.29, 1.82) is 0 Å². The zero-order valence-corrected chi connectivity index (χ0v) is 11.5. The molecule has 1 aromatic heterocycles. The van der Waals surface area contributed by atoms with E-state index in [9.17, 15) is 9.50 Å². The highest BCUT2D eigenvalue weighted by Gasteiger charge is 2.15. The Bertz CT molecular complexity index is 563. The molecule has 0 fully saturated rings. The van der Waals surface area contributed by atoms with Crippen LogP contribution in [0.5, 0.6) is 11.6 Å². The Kier molecular flexibility index (Phi) is 3.68. The van der Waals surface area contributed by atoms with Crippen molar-refractivity contribution >= 4 is 15.9 Å². The summed E-state index contributed by atoms with van der Waals surface area (Å²) in [5.74, 6) is 0.357.